The summed E-state index contributed by atoms with van der Waals surface area (Å²) in [5, 5.41) is 9.24. The maximum atomic E-state index is 13.8. The highest BCUT2D eigenvalue weighted by atomic mass is 32.2. The van der Waals surface area contributed by atoms with Gasteiger partial charge in [0.15, 0.2) is 17.3 Å². The zero-order chi connectivity index (χ0) is 17.8. The molecular weight excluding hydrogens is 352 g/mol. The fourth-order valence-corrected chi connectivity index (χ4v) is 3.00. The van der Waals surface area contributed by atoms with Crippen LogP contribution in [0, 0.1) is 11.6 Å². The Kier molecular flexibility index (Phi) is 5.19. The third kappa shape index (κ3) is 3.91. The predicted octanol–water partition coefficient (Wildman–Crippen LogP) is 1.64. The number of H-pyrrole nitrogens is 1. The minimum atomic E-state index is -0.919. The number of anilines is 1. The highest BCUT2D eigenvalue weighted by Gasteiger charge is 2.14. The van der Waals surface area contributed by atoms with Crippen molar-refractivity contribution in [2.45, 2.75) is 5.75 Å². The summed E-state index contributed by atoms with van der Waals surface area (Å²) in [4.78, 5) is 26.1. The first-order chi connectivity index (χ1) is 12.1. The van der Waals surface area contributed by atoms with E-state index in [4.69, 9.17) is 0 Å². The van der Waals surface area contributed by atoms with Crippen molar-refractivity contribution in [2.75, 3.05) is 17.5 Å². The second-order valence-corrected chi connectivity index (χ2v) is 5.95. The van der Waals surface area contributed by atoms with Crippen molar-refractivity contribution in [3.8, 4) is 0 Å². The van der Waals surface area contributed by atoms with Crippen molar-refractivity contribution in [2.24, 2.45) is 0 Å². The van der Waals surface area contributed by atoms with Crippen molar-refractivity contribution < 1.29 is 13.9 Å². The van der Waals surface area contributed by atoms with Crippen LogP contribution in [0.2, 0.25) is 0 Å². The van der Waals surface area contributed by atoms with Gasteiger partial charge in [-0.2, -0.15) is 4.98 Å². The zero-order valence-corrected chi connectivity index (χ0v) is 13.6. The Bertz CT molecular complexity index is 953. The van der Waals surface area contributed by atoms with Gasteiger partial charge in [-0.05, 0) is 18.0 Å². The van der Waals surface area contributed by atoms with Gasteiger partial charge in [-0.3, -0.25) is 9.10 Å². The molecular formula is C15H13F2N5O2S. The third-order valence-electron chi connectivity index (χ3n) is 3.25. The Hall–Kier alpha value is -2.59. The SMILES string of the molecule is O=c1cnc2cnc(N(CCO)SCc3cccc(F)c3F)nc2[nH]1. The molecule has 0 saturated carbocycles. The van der Waals surface area contributed by atoms with E-state index in [1.807, 2.05) is 0 Å². The van der Waals surface area contributed by atoms with E-state index in [2.05, 4.69) is 19.9 Å². The van der Waals surface area contributed by atoms with E-state index in [1.54, 1.807) is 0 Å². The molecule has 2 heterocycles. The smallest absolute Gasteiger partial charge is 0.268 e. The van der Waals surface area contributed by atoms with Crippen LogP contribution >= 0.6 is 11.9 Å². The van der Waals surface area contributed by atoms with Crippen LogP contribution in [-0.4, -0.2) is 38.2 Å². The number of aromatic amines is 1. The number of aliphatic hydroxyl groups is 1. The fourth-order valence-electron chi connectivity index (χ4n) is 2.07. The number of nitrogens with zero attached hydrogens (tertiary/aromatic N) is 4. The van der Waals surface area contributed by atoms with Crippen LogP contribution < -0.4 is 9.86 Å². The van der Waals surface area contributed by atoms with Crippen LogP contribution in [-0.2, 0) is 5.75 Å². The van der Waals surface area contributed by atoms with Gasteiger partial charge in [-0.1, -0.05) is 12.1 Å². The standard InChI is InChI=1S/C15H13F2N5O2S/c16-10-3-1-2-9(13(10)17)8-25-22(4-5-23)15-19-6-11-14(21-15)20-12(24)7-18-11/h1-3,6-7,23H,4-5,8H2,(H,19,20,21,24). The molecule has 0 aliphatic carbocycles. The van der Waals surface area contributed by atoms with E-state index in [1.165, 1.54) is 22.6 Å². The molecule has 0 saturated heterocycles. The topological polar surface area (TPSA) is 95.0 Å². The molecule has 0 bridgehead atoms. The molecule has 1 aromatic carbocycles. The van der Waals surface area contributed by atoms with Gasteiger partial charge in [-0.25, -0.2) is 18.7 Å². The van der Waals surface area contributed by atoms with Gasteiger partial charge < -0.3 is 10.1 Å². The van der Waals surface area contributed by atoms with E-state index in [0.29, 0.717) is 5.52 Å². The summed E-state index contributed by atoms with van der Waals surface area (Å²) in [6, 6.07) is 3.95. The molecule has 0 unspecified atom stereocenters. The fraction of sp³-hybridized carbons (Fsp3) is 0.200. The van der Waals surface area contributed by atoms with E-state index in [-0.39, 0.29) is 36.1 Å². The van der Waals surface area contributed by atoms with Gasteiger partial charge in [-0.15, -0.1) is 0 Å². The lowest BCUT2D eigenvalue weighted by Gasteiger charge is -2.20. The number of hydrogen-bond donors (Lipinski definition) is 2. The minimum absolute atomic E-state index is 0.120. The van der Waals surface area contributed by atoms with E-state index in [9.17, 15) is 18.7 Å². The highest BCUT2D eigenvalue weighted by Crippen LogP contribution is 2.24. The molecule has 7 nitrogen and oxygen atoms in total. The molecule has 3 rings (SSSR count). The first kappa shape index (κ1) is 17.2. The summed E-state index contributed by atoms with van der Waals surface area (Å²) in [7, 11) is 0. The van der Waals surface area contributed by atoms with Gasteiger partial charge in [0, 0.05) is 11.3 Å². The Balaban J connectivity index is 1.85. The largest absolute Gasteiger partial charge is 0.394 e. The van der Waals surface area contributed by atoms with Crippen molar-refractivity contribution in [1.29, 1.82) is 0 Å². The second kappa shape index (κ2) is 7.53. The number of hydrogen-bond acceptors (Lipinski definition) is 7. The summed E-state index contributed by atoms with van der Waals surface area (Å²) in [6.45, 7) is -0.0266. The molecule has 130 valence electrons. The predicted molar refractivity (Wildman–Crippen MR) is 90.0 cm³/mol. The molecule has 0 aliphatic heterocycles. The van der Waals surface area contributed by atoms with Crippen LogP contribution in [0.4, 0.5) is 14.7 Å². The zero-order valence-electron chi connectivity index (χ0n) is 12.8. The quantitative estimate of drug-likeness (QED) is 0.641. The molecule has 2 aromatic heterocycles. The number of fused-ring (bicyclic) bond motifs is 1. The number of aromatic nitrogens is 4. The minimum Gasteiger partial charge on any atom is -0.394 e. The van der Waals surface area contributed by atoms with Crippen LogP contribution in [0.25, 0.3) is 11.2 Å². The molecule has 10 heteroatoms. The van der Waals surface area contributed by atoms with Gasteiger partial charge in [0.2, 0.25) is 5.95 Å². The lowest BCUT2D eigenvalue weighted by molar-refractivity contribution is 0.307. The van der Waals surface area contributed by atoms with E-state index in [0.717, 1.165) is 24.2 Å². The van der Waals surface area contributed by atoms with Crippen molar-refractivity contribution in [3.63, 3.8) is 0 Å². The molecule has 25 heavy (non-hydrogen) atoms. The van der Waals surface area contributed by atoms with Gasteiger partial charge in [0.05, 0.1) is 25.5 Å². The maximum Gasteiger partial charge on any atom is 0.268 e. The highest BCUT2D eigenvalue weighted by molar-refractivity contribution is 7.99. The summed E-state index contributed by atoms with van der Waals surface area (Å²) in [5.41, 5.74) is 0.440. The van der Waals surface area contributed by atoms with Crippen LogP contribution in [0.5, 0.6) is 0 Å². The average molecular weight is 365 g/mol. The number of halogens is 2. The Morgan fingerprint density at radius 2 is 2.08 bits per heavy atom. The average Bonchev–Trinajstić information content (AvgIpc) is 2.61. The summed E-state index contributed by atoms with van der Waals surface area (Å²) < 4.78 is 28.6. The first-order valence-corrected chi connectivity index (χ1v) is 8.19. The van der Waals surface area contributed by atoms with Gasteiger partial charge >= 0.3 is 0 Å². The molecule has 0 aliphatic rings. The van der Waals surface area contributed by atoms with E-state index >= 15 is 0 Å². The normalized spacial score (nSPS) is 11.0. The Morgan fingerprint density at radius 1 is 1.24 bits per heavy atom. The summed E-state index contributed by atoms with van der Waals surface area (Å²) in [6.07, 6.45) is 2.56. The van der Waals surface area contributed by atoms with Crippen LogP contribution in [0.15, 0.2) is 35.4 Å². The number of aliphatic hydroxyl groups excluding tert-OH is 1. The lowest BCUT2D eigenvalue weighted by Crippen LogP contribution is -2.22. The summed E-state index contributed by atoms with van der Waals surface area (Å²) >= 11 is 1.12. The molecule has 0 fully saturated rings. The number of benzene rings is 1. The van der Waals surface area contributed by atoms with Gasteiger partial charge in [0.1, 0.15) is 5.52 Å². The lowest BCUT2D eigenvalue weighted by atomic mass is 10.2. The monoisotopic (exact) mass is 365 g/mol. The molecule has 0 atom stereocenters. The number of nitrogens with one attached hydrogen (secondary N) is 1. The molecule has 3 aromatic rings. The third-order valence-corrected chi connectivity index (χ3v) is 4.35. The maximum absolute atomic E-state index is 13.8. The van der Waals surface area contributed by atoms with Crippen LogP contribution in [0.3, 0.4) is 0 Å². The summed E-state index contributed by atoms with van der Waals surface area (Å²) in [5.74, 6) is -1.49. The van der Waals surface area contributed by atoms with Crippen molar-refractivity contribution >= 4 is 29.1 Å². The molecule has 2 N–H and O–H groups in total. The number of rotatable bonds is 6. The van der Waals surface area contributed by atoms with Crippen molar-refractivity contribution in [3.05, 3.63) is 58.1 Å². The molecule has 0 amide bonds. The van der Waals surface area contributed by atoms with Gasteiger partial charge in [0.25, 0.3) is 5.56 Å². The molecule has 0 radical (unpaired) electrons. The van der Waals surface area contributed by atoms with E-state index < -0.39 is 17.2 Å². The first-order valence-electron chi connectivity index (χ1n) is 7.25. The molecule has 0 spiro atoms. The van der Waals surface area contributed by atoms with Crippen LogP contribution in [0.1, 0.15) is 5.56 Å². The Morgan fingerprint density at radius 3 is 2.88 bits per heavy atom. The Labute approximate surface area is 144 Å². The van der Waals surface area contributed by atoms with Crippen molar-refractivity contribution in [1.82, 2.24) is 19.9 Å². The second-order valence-electron chi connectivity index (χ2n) is 4.96.